The van der Waals surface area contributed by atoms with Gasteiger partial charge in [0.1, 0.15) is 0 Å². The second kappa shape index (κ2) is 6.13. The second-order valence-electron chi connectivity index (χ2n) is 5.67. The quantitative estimate of drug-likeness (QED) is 0.856. The molecule has 0 aromatic heterocycles. The molecule has 0 atom stereocenters. The molecule has 1 N–H and O–H groups in total. The highest BCUT2D eigenvalue weighted by molar-refractivity contribution is 5.98. The van der Waals surface area contributed by atoms with E-state index in [9.17, 15) is 4.79 Å². The van der Waals surface area contributed by atoms with Crippen LogP contribution in [-0.4, -0.2) is 12.3 Å². The second-order valence-corrected chi connectivity index (χ2v) is 5.67. The summed E-state index contributed by atoms with van der Waals surface area (Å²) in [5.74, 6) is 0.202. The molecule has 1 aliphatic heterocycles. The van der Waals surface area contributed by atoms with Gasteiger partial charge in [-0.1, -0.05) is 31.2 Å². The Hall–Kier alpha value is -2.09. The molecule has 2 aromatic rings. The van der Waals surface area contributed by atoms with Crippen LogP contribution in [0.3, 0.4) is 0 Å². The minimum atomic E-state index is 0.202. The van der Waals surface area contributed by atoms with Crippen LogP contribution in [0.25, 0.3) is 0 Å². The third-order valence-corrected chi connectivity index (χ3v) is 4.16. The molecule has 1 heterocycles. The number of carbonyl (C=O) groups excluding carboxylic acids is 1. The number of hydrogen-bond acceptors (Lipinski definition) is 2. The van der Waals surface area contributed by atoms with Crippen LogP contribution in [0.4, 0.5) is 5.69 Å². The Labute approximate surface area is 126 Å². The Bertz CT molecular complexity index is 643. The van der Waals surface area contributed by atoms with Crippen molar-refractivity contribution >= 4 is 11.5 Å². The predicted octanol–water partition coefficient (Wildman–Crippen LogP) is 4.03. The third-order valence-electron chi connectivity index (χ3n) is 4.16. The van der Waals surface area contributed by atoms with Gasteiger partial charge < -0.3 is 5.32 Å². The summed E-state index contributed by atoms with van der Waals surface area (Å²) in [6.45, 7) is 3.17. The van der Waals surface area contributed by atoms with E-state index in [1.54, 1.807) is 0 Å². The van der Waals surface area contributed by atoms with Crippen molar-refractivity contribution in [1.82, 2.24) is 0 Å². The van der Waals surface area contributed by atoms with Gasteiger partial charge >= 0.3 is 0 Å². The lowest BCUT2D eigenvalue weighted by atomic mass is 9.96. The highest BCUT2D eigenvalue weighted by Gasteiger charge is 2.12. The molecular formula is C19H21NO. The van der Waals surface area contributed by atoms with Crippen LogP contribution < -0.4 is 5.32 Å². The average Bonchev–Trinajstić information content (AvgIpc) is 2.55. The molecule has 0 radical (unpaired) electrons. The monoisotopic (exact) mass is 279 g/mol. The van der Waals surface area contributed by atoms with Crippen LogP contribution in [0, 0.1) is 0 Å². The van der Waals surface area contributed by atoms with Gasteiger partial charge in [-0.05, 0) is 54.2 Å². The Morgan fingerprint density at radius 3 is 2.62 bits per heavy atom. The number of Topliss-reactive ketones (excluding diaryl/α,β-unsaturated/α-hetero) is 1. The number of anilines is 1. The number of ketones is 1. The number of rotatable bonds is 4. The summed E-state index contributed by atoms with van der Waals surface area (Å²) in [5, 5.41) is 3.38. The van der Waals surface area contributed by atoms with Crippen molar-refractivity contribution in [3.05, 3.63) is 64.7 Å². The molecule has 1 aliphatic rings. The Morgan fingerprint density at radius 1 is 1.10 bits per heavy atom. The van der Waals surface area contributed by atoms with Crippen LogP contribution in [0.2, 0.25) is 0 Å². The normalized spacial score (nSPS) is 13.4. The predicted molar refractivity (Wildman–Crippen MR) is 87.1 cm³/mol. The van der Waals surface area contributed by atoms with Crippen molar-refractivity contribution in [1.29, 1.82) is 0 Å². The van der Waals surface area contributed by atoms with Gasteiger partial charge in [-0.2, -0.15) is 0 Å². The van der Waals surface area contributed by atoms with Crippen LogP contribution in [0.1, 0.15) is 40.4 Å². The van der Waals surface area contributed by atoms with Crippen LogP contribution >= 0.6 is 0 Å². The average molecular weight is 279 g/mol. The SMILES string of the molecule is CCc1ccc(CC(=O)c2ccc3c(c2)CCCN3)cc1. The summed E-state index contributed by atoms with van der Waals surface area (Å²) < 4.78 is 0. The Balaban J connectivity index is 1.75. The smallest absolute Gasteiger partial charge is 0.167 e. The van der Waals surface area contributed by atoms with Gasteiger partial charge in [-0.3, -0.25) is 4.79 Å². The van der Waals surface area contributed by atoms with E-state index in [2.05, 4.69) is 42.6 Å². The Kier molecular flexibility index (Phi) is 4.05. The van der Waals surface area contributed by atoms with Crippen molar-refractivity contribution in [2.75, 3.05) is 11.9 Å². The molecule has 0 spiro atoms. The first-order valence-electron chi connectivity index (χ1n) is 7.74. The van der Waals surface area contributed by atoms with Gasteiger partial charge in [0.15, 0.2) is 5.78 Å². The molecule has 2 aromatic carbocycles. The molecule has 0 aliphatic carbocycles. The summed E-state index contributed by atoms with van der Waals surface area (Å²) in [5.41, 5.74) is 5.69. The number of fused-ring (bicyclic) bond motifs is 1. The summed E-state index contributed by atoms with van der Waals surface area (Å²) >= 11 is 0. The number of carbonyl (C=O) groups is 1. The molecule has 0 amide bonds. The number of benzene rings is 2. The molecule has 0 bridgehead atoms. The summed E-state index contributed by atoms with van der Waals surface area (Å²) in [4.78, 5) is 12.4. The summed E-state index contributed by atoms with van der Waals surface area (Å²) in [7, 11) is 0. The molecule has 2 heteroatoms. The zero-order valence-corrected chi connectivity index (χ0v) is 12.5. The lowest BCUT2D eigenvalue weighted by Crippen LogP contribution is -2.13. The minimum Gasteiger partial charge on any atom is -0.385 e. The van der Waals surface area contributed by atoms with E-state index in [0.29, 0.717) is 6.42 Å². The van der Waals surface area contributed by atoms with Crippen molar-refractivity contribution in [2.45, 2.75) is 32.6 Å². The maximum atomic E-state index is 12.4. The van der Waals surface area contributed by atoms with Gasteiger partial charge in [-0.15, -0.1) is 0 Å². The first-order valence-corrected chi connectivity index (χ1v) is 7.74. The molecule has 0 unspecified atom stereocenters. The van der Waals surface area contributed by atoms with Crippen molar-refractivity contribution < 1.29 is 4.79 Å². The van der Waals surface area contributed by atoms with E-state index in [4.69, 9.17) is 0 Å². The summed E-state index contributed by atoms with van der Waals surface area (Å²) in [6.07, 6.45) is 3.72. The minimum absolute atomic E-state index is 0.202. The first-order chi connectivity index (χ1) is 10.3. The highest BCUT2D eigenvalue weighted by Crippen LogP contribution is 2.23. The molecule has 21 heavy (non-hydrogen) atoms. The van der Waals surface area contributed by atoms with Gasteiger partial charge in [0.2, 0.25) is 0 Å². The number of nitrogens with one attached hydrogen (secondary N) is 1. The van der Waals surface area contributed by atoms with E-state index in [0.717, 1.165) is 36.9 Å². The standard InChI is InChI=1S/C19H21NO/c1-2-14-5-7-15(8-6-14)12-19(21)17-9-10-18-16(13-17)4-3-11-20-18/h5-10,13,20H,2-4,11-12H2,1H3. The largest absolute Gasteiger partial charge is 0.385 e. The fourth-order valence-electron chi connectivity index (χ4n) is 2.83. The van der Waals surface area contributed by atoms with E-state index < -0.39 is 0 Å². The molecular weight excluding hydrogens is 258 g/mol. The Morgan fingerprint density at radius 2 is 1.86 bits per heavy atom. The van der Waals surface area contributed by atoms with Gasteiger partial charge in [0, 0.05) is 24.2 Å². The van der Waals surface area contributed by atoms with Gasteiger partial charge in [-0.25, -0.2) is 0 Å². The first kappa shape index (κ1) is 13.9. The van der Waals surface area contributed by atoms with E-state index >= 15 is 0 Å². The lowest BCUT2D eigenvalue weighted by Gasteiger charge is -2.18. The van der Waals surface area contributed by atoms with Crippen LogP contribution in [0.15, 0.2) is 42.5 Å². The van der Waals surface area contributed by atoms with Crippen molar-refractivity contribution in [3.8, 4) is 0 Å². The molecule has 0 saturated carbocycles. The number of aryl methyl sites for hydroxylation is 2. The maximum absolute atomic E-state index is 12.4. The summed E-state index contributed by atoms with van der Waals surface area (Å²) in [6, 6.07) is 14.4. The highest BCUT2D eigenvalue weighted by atomic mass is 16.1. The maximum Gasteiger partial charge on any atom is 0.167 e. The van der Waals surface area contributed by atoms with E-state index in [1.165, 1.54) is 16.8 Å². The molecule has 0 fully saturated rings. The van der Waals surface area contributed by atoms with E-state index in [-0.39, 0.29) is 5.78 Å². The fraction of sp³-hybridized carbons (Fsp3) is 0.316. The van der Waals surface area contributed by atoms with Crippen LogP contribution in [-0.2, 0) is 19.3 Å². The lowest BCUT2D eigenvalue weighted by molar-refractivity contribution is 0.0993. The zero-order chi connectivity index (χ0) is 14.7. The topological polar surface area (TPSA) is 29.1 Å². The van der Waals surface area contributed by atoms with Crippen molar-refractivity contribution in [3.63, 3.8) is 0 Å². The molecule has 2 nitrogen and oxygen atoms in total. The molecule has 0 saturated heterocycles. The third kappa shape index (κ3) is 3.15. The number of hydrogen-bond donors (Lipinski definition) is 1. The van der Waals surface area contributed by atoms with E-state index in [1.807, 2.05) is 12.1 Å². The fourth-order valence-corrected chi connectivity index (χ4v) is 2.83. The van der Waals surface area contributed by atoms with Gasteiger partial charge in [0.25, 0.3) is 0 Å². The van der Waals surface area contributed by atoms with Crippen LogP contribution in [0.5, 0.6) is 0 Å². The molecule has 3 rings (SSSR count). The van der Waals surface area contributed by atoms with Gasteiger partial charge in [0.05, 0.1) is 0 Å². The van der Waals surface area contributed by atoms with Crippen molar-refractivity contribution in [2.24, 2.45) is 0 Å². The zero-order valence-electron chi connectivity index (χ0n) is 12.5. The molecule has 108 valence electrons.